The molecule has 176 valence electrons. The van der Waals surface area contributed by atoms with E-state index in [0.717, 1.165) is 37.0 Å². The number of rotatable bonds is 8. The number of allylic oxidation sites excluding steroid dienone is 1. The summed E-state index contributed by atoms with van der Waals surface area (Å²) in [6.45, 7) is 10.6. The Morgan fingerprint density at radius 1 is 1.19 bits per heavy atom. The van der Waals surface area contributed by atoms with Gasteiger partial charge < -0.3 is 14.6 Å². The Bertz CT molecular complexity index is 687. The third-order valence-corrected chi connectivity index (χ3v) is 10.2. The molecule has 1 N–H and O–H groups in total. The van der Waals surface area contributed by atoms with Crippen molar-refractivity contribution in [2.45, 2.75) is 98.0 Å². The van der Waals surface area contributed by atoms with Crippen LogP contribution in [0.4, 0.5) is 0 Å². The van der Waals surface area contributed by atoms with E-state index in [1.165, 1.54) is 38.5 Å². The highest BCUT2D eigenvalue weighted by atomic mass is 16.7. The lowest BCUT2D eigenvalue weighted by Gasteiger charge is -2.58. The quantitative estimate of drug-likeness (QED) is 0.272. The van der Waals surface area contributed by atoms with Crippen LogP contribution in [0.3, 0.4) is 0 Å². The third-order valence-electron chi connectivity index (χ3n) is 10.2. The molecule has 3 fully saturated rings. The SMILES string of the molecule is CCOCO[C@H]1CC[C@@]2(C)C(=CC[C@H]3[C@@H]4CC[C@H](C(C)CCC(=O)O)[C@@]4(C)CC[C@@H]32)C1. The van der Waals surface area contributed by atoms with Crippen LogP contribution >= 0.6 is 0 Å². The second-order valence-corrected chi connectivity index (χ2v) is 11.5. The normalized spacial score (nSPS) is 42.8. The first kappa shape index (κ1) is 23.3. The maximum absolute atomic E-state index is 11.1. The number of carbonyl (C=O) groups is 1. The fourth-order valence-corrected chi connectivity index (χ4v) is 8.53. The first-order valence-corrected chi connectivity index (χ1v) is 12.9. The van der Waals surface area contributed by atoms with Crippen LogP contribution in [0.15, 0.2) is 11.6 Å². The highest BCUT2D eigenvalue weighted by Crippen LogP contribution is 2.67. The van der Waals surface area contributed by atoms with E-state index >= 15 is 0 Å². The fraction of sp³-hybridized carbons (Fsp3) is 0.889. The highest BCUT2D eigenvalue weighted by molar-refractivity contribution is 5.66. The summed E-state index contributed by atoms with van der Waals surface area (Å²) in [5.74, 6) is 3.00. The van der Waals surface area contributed by atoms with Gasteiger partial charge in [-0.1, -0.05) is 32.4 Å². The van der Waals surface area contributed by atoms with Crippen LogP contribution in [0.2, 0.25) is 0 Å². The lowest BCUT2D eigenvalue weighted by Crippen LogP contribution is -2.51. The molecule has 0 amide bonds. The lowest BCUT2D eigenvalue weighted by atomic mass is 9.47. The monoisotopic (exact) mass is 432 g/mol. The third kappa shape index (κ3) is 4.24. The van der Waals surface area contributed by atoms with Crippen LogP contribution in [0.25, 0.3) is 0 Å². The average molecular weight is 433 g/mol. The first-order chi connectivity index (χ1) is 14.8. The number of hydrogen-bond acceptors (Lipinski definition) is 3. The van der Waals surface area contributed by atoms with Crippen molar-refractivity contribution in [3.63, 3.8) is 0 Å². The van der Waals surface area contributed by atoms with Gasteiger partial charge in [0.05, 0.1) is 6.10 Å². The van der Waals surface area contributed by atoms with Crippen LogP contribution in [0.5, 0.6) is 0 Å². The molecule has 4 aliphatic carbocycles. The van der Waals surface area contributed by atoms with E-state index in [1.807, 2.05) is 6.92 Å². The molecule has 0 radical (unpaired) electrons. The molecule has 8 atom stereocenters. The summed E-state index contributed by atoms with van der Waals surface area (Å²) in [5, 5.41) is 9.15. The van der Waals surface area contributed by atoms with Crippen LogP contribution in [-0.2, 0) is 14.3 Å². The zero-order valence-corrected chi connectivity index (χ0v) is 20.2. The van der Waals surface area contributed by atoms with E-state index in [0.29, 0.717) is 48.6 Å². The van der Waals surface area contributed by atoms with Crippen LogP contribution < -0.4 is 0 Å². The van der Waals surface area contributed by atoms with Gasteiger partial charge in [0.25, 0.3) is 0 Å². The van der Waals surface area contributed by atoms with Crippen molar-refractivity contribution >= 4 is 5.97 Å². The van der Waals surface area contributed by atoms with E-state index < -0.39 is 5.97 Å². The molecule has 31 heavy (non-hydrogen) atoms. The standard InChI is InChI=1S/C27H44O4/c1-5-30-17-31-20-12-14-26(3)19(16-20)7-8-21-23-10-9-22(18(2)6-11-25(28)29)27(23,4)15-13-24(21)26/h7,18,20-24H,5-6,8-17H2,1-4H3,(H,28,29)/t18?,20-,21-,22+,23-,24-,26-,27+/m0/s1. The molecule has 4 aliphatic rings. The predicted molar refractivity (Wildman–Crippen MR) is 123 cm³/mol. The molecule has 0 aromatic carbocycles. The summed E-state index contributed by atoms with van der Waals surface area (Å²) in [6.07, 6.45) is 14.1. The topological polar surface area (TPSA) is 55.8 Å². The van der Waals surface area contributed by atoms with E-state index in [4.69, 9.17) is 14.6 Å². The zero-order chi connectivity index (χ0) is 22.2. The molecular formula is C27H44O4. The minimum absolute atomic E-state index is 0.321. The van der Waals surface area contributed by atoms with Gasteiger partial charge in [-0.05, 0) is 105 Å². The molecule has 0 heterocycles. The van der Waals surface area contributed by atoms with Crippen molar-refractivity contribution in [2.24, 2.45) is 40.4 Å². The molecule has 4 heteroatoms. The molecule has 0 spiro atoms. The van der Waals surface area contributed by atoms with E-state index in [1.54, 1.807) is 5.57 Å². The van der Waals surface area contributed by atoms with E-state index in [-0.39, 0.29) is 0 Å². The van der Waals surface area contributed by atoms with E-state index in [9.17, 15) is 4.79 Å². The highest BCUT2D eigenvalue weighted by Gasteiger charge is 2.59. The van der Waals surface area contributed by atoms with Gasteiger partial charge in [0.2, 0.25) is 0 Å². The van der Waals surface area contributed by atoms with Gasteiger partial charge in [-0.15, -0.1) is 0 Å². The van der Waals surface area contributed by atoms with Crippen molar-refractivity contribution < 1.29 is 19.4 Å². The van der Waals surface area contributed by atoms with Crippen molar-refractivity contribution in [1.29, 1.82) is 0 Å². The molecule has 0 aliphatic heterocycles. The minimum atomic E-state index is -0.644. The largest absolute Gasteiger partial charge is 0.481 e. The molecule has 1 unspecified atom stereocenters. The maximum atomic E-state index is 11.1. The van der Waals surface area contributed by atoms with Crippen LogP contribution in [0, 0.1) is 40.4 Å². The van der Waals surface area contributed by atoms with Crippen molar-refractivity contribution in [3.8, 4) is 0 Å². The Hall–Kier alpha value is -0.870. The van der Waals surface area contributed by atoms with Crippen molar-refractivity contribution in [2.75, 3.05) is 13.4 Å². The number of carboxylic acids is 1. The molecule has 0 bridgehead atoms. The van der Waals surface area contributed by atoms with Crippen molar-refractivity contribution in [3.05, 3.63) is 11.6 Å². The second-order valence-electron chi connectivity index (χ2n) is 11.5. The summed E-state index contributed by atoms with van der Waals surface area (Å²) in [7, 11) is 0. The van der Waals surface area contributed by atoms with Gasteiger partial charge in [-0.3, -0.25) is 4.79 Å². The Kier molecular flexibility index (Phi) is 6.89. The number of hydrogen-bond donors (Lipinski definition) is 1. The summed E-state index contributed by atoms with van der Waals surface area (Å²) in [5.41, 5.74) is 2.41. The smallest absolute Gasteiger partial charge is 0.303 e. The molecule has 0 aromatic heterocycles. The molecular weight excluding hydrogens is 388 g/mol. The predicted octanol–water partition coefficient (Wildman–Crippen LogP) is 6.45. The van der Waals surface area contributed by atoms with Crippen LogP contribution in [0.1, 0.15) is 91.9 Å². The summed E-state index contributed by atoms with van der Waals surface area (Å²) in [4.78, 5) is 11.1. The van der Waals surface area contributed by atoms with Crippen LogP contribution in [-0.4, -0.2) is 30.6 Å². The Balaban J connectivity index is 1.46. The zero-order valence-electron chi connectivity index (χ0n) is 20.2. The van der Waals surface area contributed by atoms with Gasteiger partial charge in [0.15, 0.2) is 0 Å². The summed E-state index contributed by atoms with van der Waals surface area (Å²) in [6, 6.07) is 0. The molecule has 4 nitrogen and oxygen atoms in total. The van der Waals surface area contributed by atoms with Gasteiger partial charge in [0.1, 0.15) is 6.79 Å². The molecule has 0 saturated heterocycles. The average Bonchev–Trinajstić information content (AvgIpc) is 3.09. The van der Waals surface area contributed by atoms with Gasteiger partial charge >= 0.3 is 5.97 Å². The van der Waals surface area contributed by atoms with E-state index in [2.05, 4.69) is 26.8 Å². The second kappa shape index (κ2) is 9.17. The minimum Gasteiger partial charge on any atom is -0.481 e. The number of ether oxygens (including phenoxy) is 2. The fourth-order valence-electron chi connectivity index (χ4n) is 8.53. The number of fused-ring (bicyclic) bond motifs is 5. The van der Waals surface area contributed by atoms with Gasteiger partial charge in [-0.2, -0.15) is 0 Å². The Morgan fingerprint density at radius 2 is 2.00 bits per heavy atom. The molecule has 3 saturated carbocycles. The molecule has 4 rings (SSSR count). The molecule has 0 aromatic rings. The maximum Gasteiger partial charge on any atom is 0.303 e. The van der Waals surface area contributed by atoms with Gasteiger partial charge in [-0.25, -0.2) is 0 Å². The first-order valence-electron chi connectivity index (χ1n) is 12.9. The summed E-state index contributed by atoms with van der Waals surface area (Å²) >= 11 is 0. The Labute approximate surface area is 189 Å². The Morgan fingerprint density at radius 3 is 2.74 bits per heavy atom. The summed E-state index contributed by atoms with van der Waals surface area (Å²) < 4.78 is 11.4. The lowest BCUT2D eigenvalue weighted by molar-refractivity contribution is -0.137. The van der Waals surface area contributed by atoms with Crippen molar-refractivity contribution in [1.82, 2.24) is 0 Å². The number of carboxylic acid groups (broad SMARTS) is 1. The van der Waals surface area contributed by atoms with Gasteiger partial charge in [0, 0.05) is 13.0 Å². The number of aliphatic carboxylic acids is 1.